The highest BCUT2D eigenvalue weighted by atomic mass is 32.2. The SMILES string of the molecule is CNC(CSN=O)C(C)=O. The van der Waals surface area contributed by atoms with Crippen LogP contribution in [0.15, 0.2) is 4.58 Å². The first-order chi connectivity index (χ1) is 4.72. The van der Waals surface area contributed by atoms with E-state index in [1.807, 2.05) is 0 Å². The molecule has 0 aliphatic rings. The minimum atomic E-state index is -0.248. The number of nitrogens with one attached hydrogen (secondary N) is 1. The molecule has 5 heteroatoms. The van der Waals surface area contributed by atoms with E-state index in [0.717, 1.165) is 11.9 Å². The summed E-state index contributed by atoms with van der Waals surface area (Å²) in [7, 11) is 1.68. The van der Waals surface area contributed by atoms with Crippen LogP contribution in [0.25, 0.3) is 0 Å². The predicted molar refractivity (Wildman–Crippen MR) is 41.8 cm³/mol. The lowest BCUT2D eigenvalue weighted by atomic mass is 10.2. The molecular formula is C5H10N2O2S. The Morgan fingerprint density at radius 2 is 2.40 bits per heavy atom. The molecule has 0 aliphatic heterocycles. The maximum absolute atomic E-state index is 10.7. The Kier molecular flexibility index (Phi) is 5.15. The van der Waals surface area contributed by atoms with E-state index in [9.17, 15) is 9.70 Å². The molecule has 0 bridgehead atoms. The highest BCUT2D eigenvalue weighted by Gasteiger charge is 2.10. The first-order valence-corrected chi connectivity index (χ1v) is 3.79. The summed E-state index contributed by atoms with van der Waals surface area (Å²) in [6.45, 7) is 1.48. The van der Waals surface area contributed by atoms with Crippen LogP contribution in [-0.2, 0) is 4.79 Å². The average Bonchev–Trinajstić information content (AvgIpc) is 1.89. The van der Waals surface area contributed by atoms with Crippen molar-refractivity contribution in [2.45, 2.75) is 13.0 Å². The Balaban J connectivity index is 3.60. The summed E-state index contributed by atoms with van der Waals surface area (Å²) >= 11 is 0.855. The van der Waals surface area contributed by atoms with E-state index in [-0.39, 0.29) is 11.8 Å². The lowest BCUT2D eigenvalue weighted by molar-refractivity contribution is -0.118. The Bertz CT molecular complexity index is 129. The summed E-state index contributed by atoms with van der Waals surface area (Å²) < 4.78 is 2.58. The van der Waals surface area contributed by atoms with Crippen LogP contribution in [-0.4, -0.2) is 24.6 Å². The fraction of sp³-hybridized carbons (Fsp3) is 0.800. The van der Waals surface area contributed by atoms with Crippen LogP contribution in [0.5, 0.6) is 0 Å². The molecule has 0 rings (SSSR count). The summed E-state index contributed by atoms with van der Waals surface area (Å²) in [6.07, 6.45) is 0. The van der Waals surface area contributed by atoms with Gasteiger partial charge in [0.15, 0.2) is 0 Å². The number of carbonyl (C=O) groups excluding carboxylic acids is 1. The highest BCUT2D eigenvalue weighted by molar-refractivity contribution is 7.97. The molecule has 1 N–H and O–H groups in total. The fourth-order valence-corrected chi connectivity index (χ4v) is 1.12. The van der Waals surface area contributed by atoms with Crippen molar-refractivity contribution < 1.29 is 4.79 Å². The second kappa shape index (κ2) is 5.37. The van der Waals surface area contributed by atoms with E-state index in [0.29, 0.717) is 5.75 Å². The molecule has 1 unspecified atom stereocenters. The van der Waals surface area contributed by atoms with Gasteiger partial charge in [-0.2, -0.15) is 0 Å². The third-order valence-corrected chi connectivity index (χ3v) is 1.72. The standard InChI is InChI=1S/C5H10N2O2S/c1-4(8)5(6-2)3-10-7-9/h5-6H,3H2,1-2H3. The molecule has 0 aliphatic carbocycles. The summed E-state index contributed by atoms with van der Waals surface area (Å²) in [5.74, 6) is 0.439. The third-order valence-electron chi connectivity index (χ3n) is 1.13. The van der Waals surface area contributed by atoms with Crippen molar-refractivity contribution in [3.05, 3.63) is 4.91 Å². The molecule has 0 aromatic heterocycles. The lowest BCUT2D eigenvalue weighted by Crippen LogP contribution is -2.34. The Morgan fingerprint density at radius 1 is 1.80 bits per heavy atom. The third kappa shape index (κ3) is 3.58. The first-order valence-electron chi connectivity index (χ1n) is 2.84. The molecule has 0 spiro atoms. The van der Waals surface area contributed by atoms with Gasteiger partial charge in [-0.3, -0.25) is 4.79 Å². The van der Waals surface area contributed by atoms with Gasteiger partial charge < -0.3 is 5.32 Å². The van der Waals surface area contributed by atoms with E-state index >= 15 is 0 Å². The zero-order chi connectivity index (χ0) is 7.98. The van der Waals surface area contributed by atoms with Crippen LogP contribution >= 0.6 is 11.9 Å². The van der Waals surface area contributed by atoms with Crippen molar-refractivity contribution in [1.82, 2.24) is 5.32 Å². The van der Waals surface area contributed by atoms with Crippen LogP contribution < -0.4 is 5.32 Å². The van der Waals surface area contributed by atoms with Gasteiger partial charge in [0.2, 0.25) is 0 Å². The van der Waals surface area contributed by atoms with Crippen molar-refractivity contribution in [2.24, 2.45) is 4.58 Å². The molecule has 0 saturated carbocycles. The van der Waals surface area contributed by atoms with Gasteiger partial charge in [0, 0.05) is 22.3 Å². The molecule has 0 heterocycles. The first kappa shape index (κ1) is 9.58. The topological polar surface area (TPSA) is 58.5 Å². The number of hydrogen-bond acceptors (Lipinski definition) is 5. The molecule has 0 aromatic carbocycles. The molecule has 10 heavy (non-hydrogen) atoms. The van der Waals surface area contributed by atoms with Crippen LogP contribution in [0.3, 0.4) is 0 Å². The molecule has 0 fully saturated rings. The molecule has 1 atom stereocenters. The van der Waals surface area contributed by atoms with Crippen molar-refractivity contribution in [2.75, 3.05) is 12.8 Å². The minimum Gasteiger partial charge on any atom is -0.310 e. The van der Waals surface area contributed by atoms with Crippen molar-refractivity contribution in [1.29, 1.82) is 0 Å². The zero-order valence-electron chi connectivity index (χ0n) is 5.96. The summed E-state index contributed by atoms with van der Waals surface area (Å²) in [5.41, 5.74) is 0. The molecule has 0 amide bonds. The smallest absolute Gasteiger partial charge is 0.147 e. The van der Waals surface area contributed by atoms with Gasteiger partial charge in [0.1, 0.15) is 5.78 Å². The predicted octanol–water partition coefficient (Wildman–Crippen LogP) is 0.578. The lowest BCUT2D eigenvalue weighted by Gasteiger charge is -2.07. The van der Waals surface area contributed by atoms with Gasteiger partial charge in [-0.25, -0.2) is 0 Å². The quantitative estimate of drug-likeness (QED) is 0.474. The zero-order valence-corrected chi connectivity index (χ0v) is 6.77. The van der Waals surface area contributed by atoms with Gasteiger partial charge in [-0.15, -0.1) is 4.91 Å². The van der Waals surface area contributed by atoms with Gasteiger partial charge >= 0.3 is 0 Å². The highest BCUT2D eigenvalue weighted by Crippen LogP contribution is 2.03. The summed E-state index contributed by atoms with van der Waals surface area (Å²) in [6, 6.07) is -0.248. The maximum Gasteiger partial charge on any atom is 0.147 e. The van der Waals surface area contributed by atoms with Crippen LogP contribution in [0, 0.1) is 4.91 Å². The van der Waals surface area contributed by atoms with Crippen molar-refractivity contribution in [3.63, 3.8) is 0 Å². The van der Waals surface area contributed by atoms with Gasteiger partial charge in [-0.05, 0) is 14.0 Å². The van der Waals surface area contributed by atoms with Crippen LogP contribution in [0.2, 0.25) is 0 Å². The molecule has 58 valence electrons. The molecule has 0 saturated heterocycles. The van der Waals surface area contributed by atoms with E-state index in [1.165, 1.54) is 6.92 Å². The van der Waals surface area contributed by atoms with Crippen molar-refractivity contribution in [3.8, 4) is 0 Å². The van der Waals surface area contributed by atoms with E-state index in [1.54, 1.807) is 7.05 Å². The average molecular weight is 162 g/mol. The number of likely N-dealkylation sites (N-methyl/N-ethyl adjacent to an activating group) is 1. The second-order valence-corrected chi connectivity index (χ2v) is 2.56. The van der Waals surface area contributed by atoms with E-state index in [4.69, 9.17) is 0 Å². The van der Waals surface area contributed by atoms with Gasteiger partial charge in [-0.1, -0.05) is 0 Å². The summed E-state index contributed by atoms with van der Waals surface area (Å²) in [5, 5.41) is 2.77. The van der Waals surface area contributed by atoms with Crippen molar-refractivity contribution >= 4 is 17.7 Å². The summed E-state index contributed by atoms with van der Waals surface area (Å²) in [4.78, 5) is 20.3. The number of ketones is 1. The number of hydrogen-bond donors (Lipinski definition) is 1. The maximum atomic E-state index is 10.7. The minimum absolute atomic E-state index is 0.0265. The number of Topliss-reactive ketones (excluding diaryl/α,β-unsaturated/α-hetero) is 1. The molecular weight excluding hydrogens is 152 g/mol. The van der Waals surface area contributed by atoms with Crippen LogP contribution in [0.4, 0.5) is 0 Å². The largest absolute Gasteiger partial charge is 0.310 e. The number of carbonyl (C=O) groups is 1. The second-order valence-electron chi connectivity index (χ2n) is 1.82. The number of nitrogens with zero attached hydrogens (tertiary/aromatic N) is 1. The van der Waals surface area contributed by atoms with Gasteiger partial charge in [0.25, 0.3) is 0 Å². The Labute approximate surface area is 63.9 Å². The number of rotatable bonds is 5. The van der Waals surface area contributed by atoms with Crippen LogP contribution in [0.1, 0.15) is 6.92 Å². The Morgan fingerprint density at radius 3 is 2.70 bits per heavy atom. The molecule has 0 aromatic rings. The van der Waals surface area contributed by atoms with E-state index < -0.39 is 0 Å². The van der Waals surface area contributed by atoms with Gasteiger partial charge in [0.05, 0.1) is 6.04 Å². The van der Waals surface area contributed by atoms with E-state index in [2.05, 4.69) is 9.90 Å². The monoisotopic (exact) mass is 162 g/mol. The fourth-order valence-electron chi connectivity index (χ4n) is 0.509. The number of nitroso groups, excluding NO2 is 1. The molecule has 4 nitrogen and oxygen atoms in total. The normalized spacial score (nSPS) is 12.6. The Hall–Kier alpha value is -0.420. The molecule has 0 radical (unpaired) electrons.